The van der Waals surface area contributed by atoms with Crippen LogP contribution in [0.3, 0.4) is 0 Å². The first kappa shape index (κ1) is 14.9. The van der Waals surface area contributed by atoms with Gasteiger partial charge in [0.05, 0.1) is 11.9 Å². The summed E-state index contributed by atoms with van der Waals surface area (Å²) in [6, 6.07) is 5.83. The second-order valence-corrected chi connectivity index (χ2v) is 5.59. The summed E-state index contributed by atoms with van der Waals surface area (Å²) >= 11 is 0. The predicted octanol–water partition coefficient (Wildman–Crippen LogP) is 2.52. The summed E-state index contributed by atoms with van der Waals surface area (Å²) in [5.74, 6) is 0.114. The van der Waals surface area contributed by atoms with E-state index in [2.05, 4.69) is 5.32 Å². The van der Waals surface area contributed by atoms with Gasteiger partial charge < -0.3 is 19.6 Å². The molecule has 0 aliphatic rings. The molecule has 2 rings (SSSR count). The fourth-order valence-electron chi connectivity index (χ4n) is 1.77. The molecule has 0 unspecified atom stereocenters. The molecule has 6 nitrogen and oxygen atoms in total. The van der Waals surface area contributed by atoms with E-state index in [1.165, 1.54) is 12.1 Å². The lowest BCUT2D eigenvalue weighted by Gasteiger charge is -2.19. The molecule has 0 aliphatic heterocycles. The van der Waals surface area contributed by atoms with Crippen molar-refractivity contribution in [3.63, 3.8) is 0 Å². The van der Waals surface area contributed by atoms with Crippen LogP contribution in [-0.2, 0) is 11.3 Å². The number of hydrogen-bond donors (Lipinski definition) is 2. The molecule has 112 valence electrons. The topological polar surface area (TPSA) is 88.8 Å². The Hall–Kier alpha value is -2.50. The molecule has 1 aromatic heterocycles. The highest BCUT2D eigenvalue weighted by Gasteiger charge is 2.16. The van der Waals surface area contributed by atoms with Gasteiger partial charge in [-0.3, -0.25) is 4.79 Å². The van der Waals surface area contributed by atoms with Gasteiger partial charge in [0.1, 0.15) is 11.4 Å². The Morgan fingerprint density at radius 3 is 2.76 bits per heavy atom. The number of para-hydroxylation sites is 1. The van der Waals surface area contributed by atoms with E-state index in [1.807, 2.05) is 0 Å². The van der Waals surface area contributed by atoms with Gasteiger partial charge in [-0.15, -0.1) is 0 Å². The Bertz CT molecular complexity index is 727. The number of carbonyl (C=O) groups excluding carboxylic acids is 1. The number of nitrogens with one attached hydrogen (secondary N) is 1. The van der Waals surface area contributed by atoms with Gasteiger partial charge in [-0.05, 0) is 32.9 Å². The van der Waals surface area contributed by atoms with Crippen molar-refractivity contribution >= 4 is 17.1 Å². The molecular weight excluding hydrogens is 274 g/mol. The van der Waals surface area contributed by atoms with Crippen molar-refractivity contribution < 1.29 is 19.1 Å². The van der Waals surface area contributed by atoms with Crippen molar-refractivity contribution in [3.8, 4) is 5.75 Å². The van der Waals surface area contributed by atoms with Crippen LogP contribution in [0, 0.1) is 0 Å². The van der Waals surface area contributed by atoms with Crippen LogP contribution < -0.4 is 10.7 Å². The zero-order valence-electron chi connectivity index (χ0n) is 12.1. The number of rotatable bonds is 2. The second kappa shape index (κ2) is 5.47. The maximum Gasteiger partial charge on any atom is 0.408 e. The fraction of sp³-hybridized carbons (Fsp3) is 0.333. The molecule has 0 saturated carbocycles. The Balaban J connectivity index is 2.19. The van der Waals surface area contributed by atoms with Gasteiger partial charge in [-0.2, -0.15) is 0 Å². The van der Waals surface area contributed by atoms with Gasteiger partial charge in [0, 0.05) is 6.07 Å². The van der Waals surface area contributed by atoms with Crippen LogP contribution in [0.5, 0.6) is 5.75 Å². The highest BCUT2D eigenvalue weighted by atomic mass is 16.6. The van der Waals surface area contributed by atoms with E-state index in [0.717, 1.165) is 0 Å². The monoisotopic (exact) mass is 291 g/mol. The first-order valence-corrected chi connectivity index (χ1v) is 6.48. The number of ether oxygens (including phenoxy) is 1. The summed E-state index contributed by atoms with van der Waals surface area (Å²) in [7, 11) is 0. The maximum atomic E-state index is 11.9. The Kier molecular flexibility index (Phi) is 3.88. The third-order valence-electron chi connectivity index (χ3n) is 2.59. The summed E-state index contributed by atoms with van der Waals surface area (Å²) in [4.78, 5) is 23.5. The summed E-state index contributed by atoms with van der Waals surface area (Å²) in [5.41, 5.74) is -0.786. The van der Waals surface area contributed by atoms with Gasteiger partial charge in [0.25, 0.3) is 0 Å². The number of fused-ring (bicyclic) bond motifs is 1. The fourth-order valence-corrected chi connectivity index (χ4v) is 1.77. The van der Waals surface area contributed by atoms with E-state index in [9.17, 15) is 14.7 Å². The number of carbonyl (C=O) groups is 1. The maximum absolute atomic E-state index is 11.9. The quantitative estimate of drug-likeness (QED) is 0.887. The molecule has 0 saturated heterocycles. The molecule has 6 heteroatoms. The summed E-state index contributed by atoms with van der Waals surface area (Å²) in [6.45, 7) is 5.25. The smallest absolute Gasteiger partial charge is 0.408 e. The second-order valence-electron chi connectivity index (χ2n) is 5.59. The van der Waals surface area contributed by atoms with Crippen molar-refractivity contribution in [1.29, 1.82) is 0 Å². The molecule has 2 N–H and O–H groups in total. The van der Waals surface area contributed by atoms with Crippen LogP contribution in [0.1, 0.15) is 26.5 Å². The lowest BCUT2D eigenvalue weighted by molar-refractivity contribution is 0.0520. The Morgan fingerprint density at radius 2 is 2.10 bits per heavy atom. The van der Waals surface area contributed by atoms with Crippen LogP contribution >= 0.6 is 0 Å². The molecule has 0 aliphatic carbocycles. The molecule has 1 aromatic carbocycles. The van der Waals surface area contributed by atoms with Crippen LogP contribution in [0.4, 0.5) is 4.79 Å². The number of amides is 1. The van der Waals surface area contributed by atoms with E-state index < -0.39 is 11.7 Å². The molecule has 0 bridgehead atoms. The molecule has 2 aromatic rings. The van der Waals surface area contributed by atoms with E-state index >= 15 is 0 Å². The molecule has 1 heterocycles. The van der Waals surface area contributed by atoms with Crippen LogP contribution in [0.15, 0.2) is 33.5 Å². The number of phenols is 1. The van der Waals surface area contributed by atoms with E-state index in [4.69, 9.17) is 9.15 Å². The van der Waals surface area contributed by atoms with Gasteiger partial charge >= 0.3 is 6.09 Å². The molecular formula is C15H17NO5. The number of phenolic OH excluding ortho intramolecular Hbond substituents is 1. The van der Waals surface area contributed by atoms with E-state index in [1.54, 1.807) is 32.9 Å². The first-order chi connectivity index (χ1) is 9.76. The largest absolute Gasteiger partial charge is 0.504 e. The average Bonchev–Trinajstić information content (AvgIpc) is 2.36. The number of alkyl carbamates (subject to hydrolysis) is 1. The normalized spacial score (nSPS) is 11.4. The van der Waals surface area contributed by atoms with Crippen molar-refractivity contribution in [2.75, 3.05) is 0 Å². The van der Waals surface area contributed by atoms with Crippen LogP contribution in [0.2, 0.25) is 0 Å². The number of hydrogen-bond acceptors (Lipinski definition) is 5. The SMILES string of the molecule is CC(C)(C)OC(=O)NCc1cc(=O)c2cccc(O)c2o1. The molecule has 0 fully saturated rings. The predicted molar refractivity (Wildman–Crippen MR) is 77.2 cm³/mol. The molecule has 21 heavy (non-hydrogen) atoms. The van der Waals surface area contributed by atoms with Crippen molar-refractivity contribution in [2.45, 2.75) is 32.9 Å². The summed E-state index contributed by atoms with van der Waals surface area (Å²) in [5, 5.41) is 12.5. The Morgan fingerprint density at radius 1 is 1.38 bits per heavy atom. The van der Waals surface area contributed by atoms with Gasteiger partial charge in [0.2, 0.25) is 0 Å². The average molecular weight is 291 g/mol. The molecule has 0 atom stereocenters. The van der Waals surface area contributed by atoms with E-state index in [0.29, 0.717) is 0 Å². The molecule has 1 amide bonds. The lowest BCUT2D eigenvalue weighted by Crippen LogP contribution is -2.32. The number of aromatic hydroxyl groups is 1. The summed E-state index contributed by atoms with van der Waals surface area (Å²) in [6.07, 6.45) is -0.609. The highest BCUT2D eigenvalue weighted by Crippen LogP contribution is 2.22. The number of benzene rings is 1. The highest BCUT2D eigenvalue weighted by molar-refractivity contribution is 5.82. The minimum atomic E-state index is -0.609. The van der Waals surface area contributed by atoms with E-state index in [-0.39, 0.29) is 34.5 Å². The zero-order valence-corrected chi connectivity index (χ0v) is 12.1. The third kappa shape index (κ3) is 3.75. The van der Waals surface area contributed by atoms with Crippen LogP contribution in [0.25, 0.3) is 11.0 Å². The van der Waals surface area contributed by atoms with Crippen molar-refractivity contribution in [3.05, 3.63) is 40.2 Å². The summed E-state index contributed by atoms with van der Waals surface area (Å²) < 4.78 is 10.5. The zero-order chi connectivity index (χ0) is 15.6. The van der Waals surface area contributed by atoms with Gasteiger partial charge in [0.15, 0.2) is 16.8 Å². The lowest BCUT2D eigenvalue weighted by atomic mass is 10.2. The minimum Gasteiger partial charge on any atom is -0.504 e. The third-order valence-corrected chi connectivity index (χ3v) is 2.59. The molecule has 0 spiro atoms. The van der Waals surface area contributed by atoms with Crippen LogP contribution in [-0.4, -0.2) is 16.8 Å². The minimum absolute atomic E-state index is 0.00553. The Labute approximate surface area is 121 Å². The van der Waals surface area contributed by atoms with Gasteiger partial charge in [-0.1, -0.05) is 6.07 Å². The standard InChI is InChI=1S/C15H17NO5/c1-15(2,3)21-14(19)16-8-9-7-12(18)10-5-4-6-11(17)13(10)20-9/h4-7,17H,8H2,1-3H3,(H,16,19). The molecule has 0 radical (unpaired) electrons. The van der Waals surface area contributed by atoms with Crippen molar-refractivity contribution in [2.24, 2.45) is 0 Å². The first-order valence-electron chi connectivity index (χ1n) is 6.48. The van der Waals surface area contributed by atoms with Gasteiger partial charge in [-0.25, -0.2) is 4.79 Å². The van der Waals surface area contributed by atoms with Crippen molar-refractivity contribution in [1.82, 2.24) is 5.32 Å².